The van der Waals surface area contributed by atoms with Gasteiger partial charge in [0.25, 0.3) is 0 Å². The summed E-state index contributed by atoms with van der Waals surface area (Å²) in [4.78, 5) is 0. The molecule has 2 bridgehead atoms. The molecule has 0 amide bonds. The maximum Gasteiger partial charge on any atom is -0.00992 e. The van der Waals surface area contributed by atoms with E-state index in [4.69, 9.17) is 0 Å². The first-order valence-corrected chi connectivity index (χ1v) is 3.48. The van der Waals surface area contributed by atoms with Crippen molar-refractivity contribution in [1.82, 2.24) is 0 Å². The fourth-order valence-electron chi connectivity index (χ4n) is 1.61. The van der Waals surface area contributed by atoms with Gasteiger partial charge < -0.3 is 0 Å². The van der Waals surface area contributed by atoms with E-state index in [1.54, 1.807) is 0 Å². The lowest BCUT2D eigenvalue weighted by molar-refractivity contribution is 1.63. The van der Waals surface area contributed by atoms with Gasteiger partial charge in [0, 0.05) is 0 Å². The van der Waals surface area contributed by atoms with E-state index in [2.05, 4.69) is 36.4 Å². The first-order chi connectivity index (χ1) is 4.95. The highest BCUT2D eigenvalue weighted by atomic mass is 14.1. The maximum atomic E-state index is 2.24. The third kappa shape index (κ3) is 0.330. The van der Waals surface area contributed by atoms with E-state index >= 15 is 0 Å². The van der Waals surface area contributed by atoms with Gasteiger partial charge in [-0.25, -0.2) is 0 Å². The van der Waals surface area contributed by atoms with Gasteiger partial charge in [-0.3, -0.25) is 0 Å². The Hall–Kier alpha value is -1.30. The van der Waals surface area contributed by atoms with Crippen LogP contribution in [0.2, 0.25) is 0 Å². The number of hydrogen-bond donors (Lipinski definition) is 0. The van der Waals surface area contributed by atoms with Gasteiger partial charge in [-0.2, -0.15) is 0 Å². The van der Waals surface area contributed by atoms with Crippen LogP contribution in [0.1, 0.15) is 0 Å². The number of rotatable bonds is 0. The number of benzene rings is 3. The monoisotopic (exact) mass is 126 g/mol. The van der Waals surface area contributed by atoms with E-state index in [1.807, 2.05) is 0 Å². The van der Waals surface area contributed by atoms with Gasteiger partial charge >= 0.3 is 0 Å². The molecule has 0 atom stereocenters. The molecule has 3 rings (SSSR count). The Morgan fingerprint density at radius 1 is 0.900 bits per heavy atom. The molecule has 0 saturated heterocycles. The van der Waals surface area contributed by atoms with Crippen molar-refractivity contribution >= 4 is 10.8 Å². The van der Waals surface area contributed by atoms with Gasteiger partial charge in [-0.1, -0.05) is 30.3 Å². The molecule has 0 fully saturated rings. The molecule has 0 unspecified atom stereocenters. The van der Waals surface area contributed by atoms with Crippen LogP contribution in [0.5, 0.6) is 0 Å². The molecule has 2 aromatic carbocycles. The van der Waals surface area contributed by atoms with Crippen molar-refractivity contribution in [3.8, 4) is 11.1 Å². The summed E-state index contributed by atoms with van der Waals surface area (Å²) < 4.78 is 0. The molecule has 0 aromatic heterocycles. The largest absolute Gasteiger partial charge is 0.0610 e. The van der Waals surface area contributed by atoms with Crippen molar-refractivity contribution in [2.24, 2.45) is 0 Å². The van der Waals surface area contributed by atoms with Crippen molar-refractivity contribution in [1.29, 1.82) is 0 Å². The van der Waals surface area contributed by atoms with Gasteiger partial charge in [0.05, 0.1) is 0 Å². The third-order valence-electron chi connectivity index (χ3n) is 2.19. The molecule has 2 aromatic rings. The molecule has 10 heavy (non-hydrogen) atoms. The minimum atomic E-state index is 1.37. The predicted octanol–water partition coefficient (Wildman–Crippen LogP) is 2.82. The molecule has 0 saturated carbocycles. The van der Waals surface area contributed by atoms with Crippen LogP contribution in [0, 0.1) is 0 Å². The summed E-state index contributed by atoms with van der Waals surface area (Å²) in [6, 6.07) is 13.0. The summed E-state index contributed by atoms with van der Waals surface area (Å²) in [5, 5.41) is 2.80. The molecule has 1 aliphatic rings. The average molecular weight is 126 g/mol. The first-order valence-electron chi connectivity index (χ1n) is 3.48. The molecule has 0 heteroatoms. The molecule has 0 spiro atoms. The van der Waals surface area contributed by atoms with Crippen molar-refractivity contribution in [3.63, 3.8) is 0 Å². The zero-order valence-corrected chi connectivity index (χ0v) is 5.46. The van der Waals surface area contributed by atoms with Crippen molar-refractivity contribution in [2.75, 3.05) is 0 Å². The van der Waals surface area contributed by atoms with Gasteiger partial charge in [-0.15, -0.1) is 0 Å². The van der Waals surface area contributed by atoms with Crippen LogP contribution in [-0.2, 0) is 0 Å². The van der Waals surface area contributed by atoms with Crippen LogP contribution < -0.4 is 0 Å². The van der Waals surface area contributed by atoms with Gasteiger partial charge in [0.15, 0.2) is 0 Å². The molecule has 1 aliphatic carbocycles. The zero-order chi connectivity index (χ0) is 6.55. The van der Waals surface area contributed by atoms with E-state index < -0.39 is 0 Å². The number of fused-ring (bicyclic) bond motifs is 2. The van der Waals surface area contributed by atoms with Crippen LogP contribution in [0.25, 0.3) is 21.9 Å². The summed E-state index contributed by atoms with van der Waals surface area (Å²) in [5.74, 6) is 0. The Morgan fingerprint density at radius 2 is 1.90 bits per heavy atom. The minimum absolute atomic E-state index is 1.37. The second kappa shape index (κ2) is 1.24. The highest BCUT2D eigenvalue weighted by Gasteiger charge is 2.11. The van der Waals surface area contributed by atoms with Gasteiger partial charge in [0.1, 0.15) is 0 Å². The van der Waals surface area contributed by atoms with Gasteiger partial charge in [-0.05, 0) is 28.0 Å². The van der Waals surface area contributed by atoms with Crippen molar-refractivity contribution < 1.29 is 0 Å². The van der Waals surface area contributed by atoms with E-state index in [1.165, 1.54) is 21.9 Å². The quantitative estimate of drug-likeness (QED) is 0.434. The molecule has 46 valence electrons. The molecule has 0 nitrogen and oxygen atoms in total. The second-order valence-corrected chi connectivity index (χ2v) is 2.74. The Balaban J connectivity index is 2.74. The van der Waals surface area contributed by atoms with Crippen LogP contribution in [-0.4, -0.2) is 0 Å². The summed E-state index contributed by atoms with van der Waals surface area (Å²) in [7, 11) is 0. The number of hydrogen-bond acceptors (Lipinski definition) is 0. The summed E-state index contributed by atoms with van der Waals surface area (Å²) >= 11 is 0. The molecule has 0 N–H and O–H groups in total. The summed E-state index contributed by atoms with van der Waals surface area (Å²) in [5.41, 5.74) is 2.82. The standard InChI is InChI=1S/C10H6/c1-2-7-4-5-8-6-10(7)9(8)3-1/h1-6H. The van der Waals surface area contributed by atoms with E-state index in [-0.39, 0.29) is 0 Å². The Kier molecular flexibility index (Phi) is 0.558. The molecule has 0 aliphatic heterocycles. The SMILES string of the molecule is c1cc2c3cc-2ccc3c1. The zero-order valence-electron chi connectivity index (χ0n) is 5.46. The normalized spacial score (nSPS) is 12.0. The van der Waals surface area contributed by atoms with E-state index in [0.29, 0.717) is 0 Å². The fourth-order valence-corrected chi connectivity index (χ4v) is 1.61. The lowest BCUT2D eigenvalue weighted by Crippen LogP contribution is -1.89. The van der Waals surface area contributed by atoms with Crippen LogP contribution in [0.4, 0.5) is 0 Å². The molecular weight excluding hydrogens is 120 g/mol. The lowest BCUT2D eigenvalue weighted by atomic mass is 9.88. The smallest absolute Gasteiger partial charge is 0.00992 e. The topological polar surface area (TPSA) is 0 Å². The third-order valence-corrected chi connectivity index (χ3v) is 2.19. The Bertz CT molecular complexity index is 401. The molecular formula is C10H6. The Labute approximate surface area is 59.1 Å². The van der Waals surface area contributed by atoms with Crippen LogP contribution in [0.3, 0.4) is 0 Å². The van der Waals surface area contributed by atoms with Gasteiger partial charge in [0.2, 0.25) is 0 Å². The Morgan fingerprint density at radius 3 is 2.60 bits per heavy atom. The lowest BCUT2D eigenvalue weighted by Gasteiger charge is -2.16. The molecule has 0 radical (unpaired) electrons. The van der Waals surface area contributed by atoms with E-state index in [9.17, 15) is 0 Å². The molecule has 0 heterocycles. The van der Waals surface area contributed by atoms with Crippen LogP contribution in [0.15, 0.2) is 36.4 Å². The van der Waals surface area contributed by atoms with E-state index in [0.717, 1.165) is 0 Å². The predicted molar refractivity (Wildman–Crippen MR) is 42.9 cm³/mol. The second-order valence-electron chi connectivity index (χ2n) is 2.74. The maximum absolute atomic E-state index is 2.24. The average Bonchev–Trinajstić information content (AvgIpc) is 1.96. The summed E-state index contributed by atoms with van der Waals surface area (Å²) in [6.07, 6.45) is 0. The fraction of sp³-hybridized carbons (Fsp3) is 0. The summed E-state index contributed by atoms with van der Waals surface area (Å²) in [6.45, 7) is 0. The first kappa shape index (κ1) is 4.51. The highest BCUT2D eigenvalue weighted by molar-refractivity contribution is 6.06. The minimum Gasteiger partial charge on any atom is -0.0610 e. The van der Waals surface area contributed by atoms with Crippen molar-refractivity contribution in [3.05, 3.63) is 36.4 Å². The highest BCUT2D eigenvalue weighted by Crippen LogP contribution is 2.38. The van der Waals surface area contributed by atoms with Crippen molar-refractivity contribution in [2.45, 2.75) is 0 Å². The van der Waals surface area contributed by atoms with Crippen LogP contribution >= 0.6 is 0 Å².